The number of fused-ring (bicyclic) bond motifs is 3. The minimum absolute atomic E-state index is 0.0747. The number of nitrogens with zero attached hydrogens (tertiary/aromatic N) is 1. The number of carbonyl (C=O) groups is 2. The van der Waals surface area contributed by atoms with Crippen molar-refractivity contribution in [1.82, 2.24) is 4.90 Å². The maximum absolute atomic E-state index is 13.7. The second-order valence-electron chi connectivity index (χ2n) is 11.5. The van der Waals surface area contributed by atoms with Gasteiger partial charge in [-0.1, -0.05) is 0 Å². The van der Waals surface area contributed by atoms with E-state index in [1.54, 1.807) is 21.0 Å². The fourth-order valence-electron chi connectivity index (χ4n) is 6.51. The van der Waals surface area contributed by atoms with Crippen molar-refractivity contribution in [3.8, 4) is 11.5 Å². The number of rotatable bonds is 8. The number of carbonyl (C=O) groups excluding carboxylic acids is 2. The second-order valence-corrected chi connectivity index (χ2v) is 11.5. The number of hydrogen-bond donors (Lipinski definition) is 2. The van der Waals surface area contributed by atoms with Crippen LogP contribution in [-0.2, 0) is 23.8 Å². The Kier molecular flexibility index (Phi) is 6.86. The molecular formula is C28H37NO9. The molecule has 0 radical (unpaired) electrons. The van der Waals surface area contributed by atoms with E-state index in [-0.39, 0.29) is 31.1 Å². The Morgan fingerprint density at radius 1 is 1.16 bits per heavy atom. The van der Waals surface area contributed by atoms with Gasteiger partial charge in [0.2, 0.25) is 6.79 Å². The Bertz CT molecular complexity index is 1130. The van der Waals surface area contributed by atoms with Crippen molar-refractivity contribution in [1.29, 1.82) is 0 Å². The molecule has 1 saturated carbocycles. The van der Waals surface area contributed by atoms with E-state index in [1.165, 1.54) is 7.11 Å². The Labute approximate surface area is 222 Å². The molecule has 0 aromatic heterocycles. The van der Waals surface area contributed by atoms with Crippen molar-refractivity contribution in [2.45, 2.75) is 87.2 Å². The van der Waals surface area contributed by atoms with Crippen LogP contribution in [-0.4, -0.2) is 83.6 Å². The number of ether oxygens (including phenoxy) is 5. The lowest BCUT2D eigenvalue weighted by atomic mass is 9.78. The highest BCUT2D eigenvalue weighted by Gasteiger charge is 2.61. The van der Waals surface area contributed by atoms with Crippen molar-refractivity contribution in [3.05, 3.63) is 29.5 Å². The zero-order valence-corrected chi connectivity index (χ0v) is 22.4. The van der Waals surface area contributed by atoms with Gasteiger partial charge in [-0.3, -0.25) is 4.79 Å². The van der Waals surface area contributed by atoms with Gasteiger partial charge in [-0.2, -0.15) is 0 Å². The lowest BCUT2D eigenvalue weighted by molar-refractivity contribution is -0.183. The summed E-state index contributed by atoms with van der Waals surface area (Å²) >= 11 is 0. The molecule has 0 bridgehead atoms. The van der Waals surface area contributed by atoms with Crippen molar-refractivity contribution < 1.29 is 43.5 Å². The average Bonchev–Trinajstić information content (AvgIpc) is 3.56. The maximum Gasteiger partial charge on any atom is 0.339 e. The first kappa shape index (κ1) is 26.8. The molecule has 5 rings (SSSR count). The van der Waals surface area contributed by atoms with Gasteiger partial charge in [-0.15, -0.1) is 0 Å². The number of benzene rings is 1. The van der Waals surface area contributed by atoms with Gasteiger partial charge in [0.05, 0.1) is 30.8 Å². The number of hydrogen-bond acceptors (Lipinski definition) is 10. The zero-order valence-electron chi connectivity index (χ0n) is 22.4. The molecule has 3 heterocycles. The molecule has 208 valence electrons. The minimum Gasteiger partial charge on any atom is -0.469 e. The molecule has 5 atom stereocenters. The van der Waals surface area contributed by atoms with Crippen LogP contribution in [0.1, 0.15) is 69.4 Å². The molecule has 38 heavy (non-hydrogen) atoms. The van der Waals surface area contributed by atoms with Crippen LogP contribution in [0.15, 0.2) is 18.3 Å². The molecule has 2 fully saturated rings. The number of aliphatic hydroxyl groups is 2. The minimum atomic E-state index is -2.17. The van der Waals surface area contributed by atoms with Crippen molar-refractivity contribution in [2.24, 2.45) is 0 Å². The first-order valence-corrected chi connectivity index (χ1v) is 13.1. The molecule has 1 aromatic rings. The van der Waals surface area contributed by atoms with Gasteiger partial charge in [-0.25, -0.2) is 4.79 Å². The highest BCUT2D eigenvalue weighted by molar-refractivity contribution is 5.86. The van der Waals surface area contributed by atoms with Crippen LogP contribution in [0, 0.1) is 0 Å². The van der Waals surface area contributed by atoms with E-state index in [4.69, 9.17) is 23.7 Å². The quantitative estimate of drug-likeness (QED) is 0.484. The normalized spacial score (nSPS) is 28.7. The SMILES string of the molecule is COC(=O)C[C@@](O)(CCC(C)(C)O)C(=O)O[C@@H]1[C@@H](OC)C[C@]23CCCN2C=Cc2cc4c(cc2[C@H]13)OCO4. The van der Waals surface area contributed by atoms with Gasteiger partial charge in [0.15, 0.2) is 17.1 Å². The highest BCUT2D eigenvalue weighted by Crippen LogP contribution is 2.57. The zero-order chi connectivity index (χ0) is 27.3. The van der Waals surface area contributed by atoms with E-state index in [1.807, 2.05) is 12.1 Å². The first-order valence-electron chi connectivity index (χ1n) is 13.1. The molecule has 10 heteroatoms. The van der Waals surface area contributed by atoms with Gasteiger partial charge >= 0.3 is 11.9 Å². The molecule has 1 spiro atoms. The van der Waals surface area contributed by atoms with Gasteiger partial charge < -0.3 is 38.8 Å². The topological polar surface area (TPSA) is 124 Å². The fraction of sp³-hybridized carbons (Fsp3) is 0.643. The Morgan fingerprint density at radius 3 is 2.58 bits per heavy atom. The molecule has 0 amide bonds. The molecule has 0 unspecified atom stereocenters. The lowest BCUT2D eigenvalue weighted by Gasteiger charge is -2.40. The predicted molar refractivity (Wildman–Crippen MR) is 135 cm³/mol. The summed E-state index contributed by atoms with van der Waals surface area (Å²) in [6.07, 6.45) is 4.79. The summed E-state index contributed by atoms with van der Waals surface area (Å²) in [4.78, 5) is 28.2. The van der Waals surface area contributed by atoms with Crippen LogP contribution in [0.3, 0.4) is 0 Å². The third-order valence-electron chi connectivity index (χ3n) is 8.50. The summed E-state index contributed by atoms with van der Waals surface area (Å²) in [6.45, 7) is 4.16. The summed E-state index contributed by atoms with van der Waals surface area (Å²) in [5, 5.41) is 21.7. The van der Waals surface area contributed by atoms with Crippen LogP contribution in [0.25, 0.3) is 6.08 Å². The summed E-state index contributed by atoms with van der Waals surface area (Å²) in [5.74, 6) is -0.657. The Balaban J connectivity index is 1.53. The van der Waals surface area contributed by atoms with Gasteiger partial charge in [0, 0.05) is 32.2 Å². The number of methoxy groups -OCH3 is 2. The largest absolute Gasteiger partial charge is 0.469 e. The van der Waals surface area contributed by atoms with Crippen LogP contribution < -0.4 is 9.47 Å². The molecule has 10 nitrogen and oxygen atoms in total. The number of esters is 2. The first-order chi connectivity index (χ1) is 18.0. The van der Waals surface area contributed by atoms with Crippen LogP contribution in [0.4, 0.5) is 0 Å². The van der Waals surface area contributed by atoms with E-state index >= 15 is 0 Å². The average molecular weight is 532 g/mol. The van der Waals surface area contributed by atoms with E-state index in [0.29, 0.717) is 17.9 Å². The third-order valence-corrected chi connectivity index (χ3v) is 8.50. The van der Waals surface area contributed by atoms with E-state index < -0.39 is 41.8 Å². The standard InChI is InChI=1S/C28H37NO9/c1-26(2,32)8-9-28(33,15-22(30)35-4)25(31)38-24-21(34-3)14-27-7-5-10-29(27)11-6-17-12-19-20(37-16-36-19)13-18(17)23(24)27/h6,11-13,21,23-24,32-33H,5,7-10,14-16H2,1-4H3/t21-,23+,24+,27-,28-/m0/s1. The summed E-state index contributed by atoms with van der Waals surface area (Å²) < 4.78 is 28.1. The molecule has 4 aliphatic rings. The van der Waals surface area contributed by atoms with Crippen molar-refractivity contribution >= 4 is 18.0 Å². The molecular weight excluding hydrogens is 494 g/mol. The predicted octanol–water partition coefficient (Wildman–Crippen LogP) is 2.49. The fourth-order valence-corrected chi connectivity index (χ4v) is 6.51. The molecule has 1 aliphatic carbocycles. The smallest absolute Gasteiger partial charge is 0.339 e. The van der Waals surface area contributed by atoms with E-state index in [2.05, 4.69) is 17.2 Å². The Morgan fingerprint density at radius 2 is 1.89 bits per heavy atom. The molecule has 1 saturated heterocycles. The summed E-state index contributed by atoms with van der Waals surface area (Å²) in [7, 11) is 2.79. The second kappa shape index (κ2) is 9.73. The van der Waals surface area contributed by atoms with E-state index in [0.717, 1.165) is 30.5 Å². The van der Waals surface area contributed by atoms with Crippen LogP contribution >= 0.6 is 0 Å². The van der Waals surface area contributed by atoms with Crippen molar-refractivity contribution in [2.75, 3.05) is 27.6 Å². The Hall–Kier alpha value is -2.82. The monoisotopic (exact) mass is 531 g/mol. The van der Waals surface area contributed by atoms with E-state index in [9.17, 15) is 19.8 Å². The molecule has 2 N–H and O–H groups in total. The summed E-state index contributed by atoms with van der Waals surface area (Å²) in [5.41, 5.74) is -1.78. The van der Waals surface area contributed by atoms with Gasteiger partial charge in [-0.05, 0) is 68.9 Å². The van der Waals surface area contributed by atoms with Gasteiger partial charge in [0.1, 0.15) is 6.10 Å². The van der Waals surface area contributed by atoms with Gasteiger partial charge in [0.25, 0.3) is 0 Å². The summed E-state index contributed by atoms with van der Waals surface area (Å²) in [6, 6.07) is 3.91. The third kappa shape index (κ3) is 4.63. The molecule has 1 aromatic carbocycles. The van der Waals surface area contributed by atoms with Crippen LogP contribution in [0.2, 0.25) is 0 Å². The maximum atomic E-state index is 13.7. The van der Waals surface area contributed by atoms with Crippen molar-refractivity contribution in [3.63, 3.8) is 0 Å². The highest BCUT2D eigenvalue weighted by atomic mass is 16.7. The molecule has 3 aliphatic heterocycles. The lowest BCUT2D eigenvalue weighted by Crippen LogP contribution is -2.48. The van der Waals surface area contributed by atoms with Crippen LogP contribution in [0.5, 0.6) is 11.5 Å².